The Balaban J connectivity index is 1.63. The lowest BCUT2D eigenvalue weighted by atomic mass is 10.1. The molecule has 0 bridgehead atoms. The van der Waals surface area contributed by atoms with Gasteiger partial charge in [-0.25, -0.2) is 0 Å². The topological polar surface area (TPSA) is 41.6 Å². The van der Waals surface area contributed by atoms with Gasteiger partial charge in [-0.3, -0.25) is 4.79 Å². The molecule has 120 valence electrons. The van der Waals surface area contributed by atoms with Crippen molar-refractivity contribution < 1.29 is 9.53 Å². The van der Waals surface area contributed by atoms with Crippen LogP contribution in [0.15, 0.2) is 48.5 Å². The van der Waals surface area contributed by atoms with Crippen molar-refractivity contribution in [1.82, 2.24) is 0 Å². The van der Waals surface area contributed by atoms with Crippen molar-refractivity contribution in [2.24, 2.45) is 0 Å². The molecule has 23 heavy (non-hydrogen) atoms. The van der Waals surface area contributed by atoms with Gasteiger partial charge in [0.25, 0.3) is 5.91 Å². The van der Waals surface area contributed by atoms with Gasteiger partial charge in [-0.05, 0) is 42.0 Å². The van der Waals surface area contributed by atoms with E-state index in [0.717, 1.165) is 48.6 Å². The summed E-state index contributed by atoms with van der Waals surface area (Å²) in [5.74, 6) is -0.0924. The number of nitrogens with zero attached hydrogens (tertiary/aromatic N) is 1. The minimum atomic E-state index is -0.0924. The molecule has 0 aromatic heterocycles. The maximum Gasteiger partial charge on any atom is 0.255 e. The Kier molecular flexibility index (Phi) is 5.31. The van der Waals surface area contributed by atoms with Crippen LogP contribution in [-0.2, 0) is 10.1 Å². The molecule has 1 aliphatic rings. The first kappa shape index (κ1) is 16.0. The van der Waals surface area contributed by atoms with Gasteiger partial charge < -0.3 is 15.0 Å². The van der Waals surface area contributed by atoms with Gasteiger partial charge in [-0.15, -0.1) is 0 Å². The molecule has 0 unspecified atom stereocenters. The highest BCUT2D eigenvalue weighted by Crippen LogP contribution is 2.19. The molecule has 2 aromatic rings. The molecule has 0 spiro atoms. The number of amides is 1. The third-order valence-corrected chi connectivity index (χ3v) is 4.52. The summed E-state index contributed by atoms with van der Waals surface area (Å²) in [5.41, 5.74) is 3.77. The van der Waals surface area contributed by atoms with Crippen molar-refractivity contribution in [3.63, 3.8) is 0 Å². The second-order valence-electron chi connectivity index (χ2n) is 5.43. The summed E-state index contributed by atoms with van der Waals surface area (Å²) < 4.78 is 5.36. The number of morpholine rings is 1. The van der Waals surface area contributed by atoms with Gasteiger partial charge in [-0.2, -0.15) is 0 Å². The summed E-state index contributed by atoms with van der Waals surface area (Å²) in [6.45, 7) is 3.35. The summed E-state index contributed by atoms with van der Waals surface area (Å²) in [6, 6.07) is 15.5. The van der Waals surface area contributed by atoms with Gasteiger partial charge >= 0.3 is 0 Å². The smallest absolute Gasteiger partial charge is 0.255 e. The molecule has 1 saturated heterocycles. The first-order valence-corrected chi connectivity index (χ1v) is 8.77. The summed E-state index contributed by atoms with van der Waals surface area (Å²) in [6.07, 6.45) is 0. The molecule has 1 amide bonds. The van der Waals surface area contributed by atoms with E-state index in [1.165, 1.54) is 0 Å². The molecule has 0 aliphatic carbocycles. The Hall–Kier alpha value is -1.85. The van der Waals surface area contributed by atoms with Crippen molar-refractivity contribution in [2.75, 3.05) is 36.5 Å². The molecule has 1 N–H and O–H groups in total. The standard InChI is InChI=1S/C18H19BrN2O2/c19-13-14-1-3-15(4-2-14)18(22)20-16-5-7-17(8-6-16)21-9-11-23-12-10-21/h1-8H,9-13H2,(H,20,22). The Morgan fingerprint density at radius 2 is 1.70 bits per heavy atom. The van der Waals surface area contributed by atoms with Crippen LogP contribution >= 0.6 is 15.9 Å². The number of halogens is 1. The number of hydrogen-bond acceptors (Lipinski definition) is 3. The van der Waals surface area contributed by atoms with Crippen molar-refractivity contribution in [2.45, 2.75) is 5.33 Å². The average Bonchev–Trinajstić information content (AvgIpc) is 2.63. The predicted octanol–water partition coefficient (Wildman–Crippen LogP) is 3.67. The number of alkyl halides is 1. The fourth-order valence-electron chi connectivity index (χ4n) is 2.53. The zero-order valence-corrected chi connectivity index (χ0v) is 14.4. The number of anilines is 2. The molecule has 3 rings (SSSR count). The van der Waals surface area contributed by atoms with Gasteiger partial charge in [-0.1, -0.05) is 28.1 Å². The first-order chi connectivity index (χ1) is 11.3. The molecular formula is C18H19BrN2O2. The van der Waals surface area contributed by atoms with E-state index in [9.17, 15) is 4.79 Å². The van der Waals surface area contributed by atoms with Gasteiger partial charge in [0.15, 0.2) is 0 Å². The quantitative estimate of drug-likeness (QED) is 0.830. The Morgan fingerprint density at radius 1 is 1.04 bits per heavy atom. The number of carbonyl (C=O) groups is 1. The summed E-state index contributed by atoms with van der Waals surface area (Å²) in [7, 11) is 0. The van der Waals surface area contributed by atoms with Crippen LogP contribution in [0.1, 0.15) is 15.9 Å². The van der Waals surface area contributed by atoms with Crippen LogP contribution in [0.4, 0.5) is 11.4 Å². The van der Waals surface area contributed by atoms with Crippen LogP contribution in [-0.4, -0.2) is 32.2 Å². The highest BCUT2D eigenvalue weighted by molar-refractivity contribution is 9.08. The van der Waals surface area contributed by atoms with E-state index in [-0.39, 0.29) is 5.91 Å². The largest absolute Gasteiger partial charge is 0.378 e. The van der Waals surface area contributed by atoms with Gasteiger partial charge in [0, 0.05) is 35.4 Å². The third kappa shape index (κ3) is 4.12. The Bertz CT molecular complexity index is 650. The molecule has 0 atom stereocenters. The Morgan fingerprint density at radius 3 is 2.30 bits per heavy atom. The highest BCUT2D eigenvalue weighted by Gasteiger charge is 2.11. The number of nitrogens with one attached hydrogen (secondary N) is 1. The summed E-state index contributed by atoms with van der Waals surface area (Å²) >= 11 is 3.40. The number of hydrogen-bond donors (Lipinski definition) is 1. The normalized spacial score (nSPS) is 14.6. The summed E-state index contributed by atoms with van der Waals surface area (Å²) in [5, 5.41) is 3.72. The SMILES string of the molecule is O=C(Nc1ccc(N2CCOCC2)cc1)c1ccc(CBr)cc1. The van der Waals surface area contributed by atoms with Crippen molar-refractivity contribution in [1.29, 1.82) is 0 Å². The van der Waals surface area contributed by atoms with Crippen LogP contribution in [0.3, 0.4) is 0 Å². The Labute approximate surface area is 144 Å². The number of carbonyl (C=O) groups excluding carboxylic acids is 1. The van der Waals surface area contributed by atoms with E-state index in [1.807, 2.05) is 48.5 Å². The minimum absolute atomic E-state index is 0.0924. The van der Waals surface area contributed by atoms with E-state index in [1.54, 1.807) is 0 Å². The zero-order chi connectivity index (χ0) is 16.1. The van der Waals surface area contributed by atoms with Crippen LogP contribution in [0.2, 0.25) is 0 Å². The van der Waals surface area contributed by atoms with Crippen LogP contribution in [0.5, 0.6) is 0 Å². The molecular weight excluding hydrogens is 356 g/mol. The fraction of sp³-hybridized carbons (Fsp3) is 0.278. The van der Waals surface area contributed by atoms with E-state index in [0.29, 0.717) is 5.56 Å². The molecule has 1 fully saturated rings. The van der Waals surface area contributed by atoms with Crippen molar-refractivity contribution in [3.05, 3.63) is 59.7 Å². The molecule has 1 heterocycles. The molecule has 1 aliphatic heterocycles. The second kappa shape index (κ2) is 7.62. The third-order valence-electron chi connectivity index (χ3n) is 3.87. The van der Waals surface area contributed by atoms with Crippen molar-refractivity contribution in [3.8, 4) is 0 Å². The van der Waals surface area contributed by atoms with Gasteiger partial charge in [0.2, 0.25) is 0 Å². The zero-order valence-electron chi connectivity index (χ0n) is 12.8. The number of ether oxygens (including phenoxy) is 1. The lowest BCUT2D eigenvalue weighted by molar-refractivity contribution is 0.102. The van der Waals surface area contributed by atoms with Crippen molar-refractivity contribution >= 4 is 33.2 Å². The maximum atomic E-state index is 12.3. The lowest BCUT2D eigenvalue weighted by Gasteiger charge is -2.28. The first-order valence-electron chi connectivity index (χ1n) is 7.65. The molecule has 2 aromatic carbocycles. The maximum absolute atomic E-state index is 12.3. The number of benzene rings is 2. The minimum Gasteiger partial charge on any atom is -0.378 e. The van der Waals surface area contributed by atoms with E-state index >= 15 is 0 Å². The second-order valence-corrected chi connectivity index (χ2v) is 5.99. The van der Waals surface area contributed by atoms with Crippen LogP contribution in [0, 0.1) is 0 Å². The van der Waals surface area contributed by atoms with Crippen LogP contribution < -0.4 is 10.2 Å². The van der Waals surface area contributed by atoms with Gasteiger partial charge in [0.1, 0.15) is 0 Å². The van der Waals surface area contributed by atoms with Crippen LogP contribution in [0.25, 0.3) is 0 Å². The van der Waals surface area contributed by atoms with Gasteiger partial charge in [0.05, 0.1) is 13.2 Å². The molecule has 5 heteroatoms. The highest BCUT2D eigenvalue weighted by atomic mass is 79.9. The monoisotopic (exact) mass is 374 g/mol. The molecule has 0 radical (unpaired) electrons. The molecule has 0 saturated carbocycles. The fourth-order valence-corrected chi connectivity index (χ4v) is 2.90. The van der Waals surface area contributed by atoms with E-state index in [2.05, 4.69) is 26.1 Å². The molecule has 4 nitrogen and oxygen atoms in total. The predicted molar refractivity (Wildman–Crippen MR) is 96.5 cm³/mol. The number of rotatable bonds is 4. The van der Waals surface area contributed by atoms with E-state index < -0.39 is 0 Å². The average molecular weight is 375 g/mol. The summed E-state index contributed by atoms with van der Waals surface area (Å²) in [4.78, 5) is 14.5. The lowest BCUT2D eigenvalue weighted by Crippen LogP contribution is -2.36. The van der Waals surface area contributed by atoms with E-state index in [4.69, 9.17) is 4.74 Å².